The smallest absolute Gasteiger partial charge is 0.191 e. The average molecular weight is 254 g/mol. The van der Waals surface area contributed by atoms with Crippen molar-refractivity contribution in [3.8, 4) is 0 Å². The molecule has 1 aliphatic rings. The van der Waals surface area contributed by atoms with Crippen molar-refractivity contribution in [3.63, 3.8) is 0 Å². The monoisotopic (exact) mass is 252 g/mol. The van der Waals surface area contributed by atoms with E-state index >= 15 is 0 Å². The van der Waals surface area contributed by atoms with Crippen molar-refractivity contribution in [2.24, 2.45) is 0 Å². The van der Waals surface area contributed by atoms with Crippen LogP contribution in [0, 0.1) is 0 Å². The van der Waals surface area contributed by atoms with Crippen molar-refractivity contribution < 1.29 is 9.59 Å². The first-order valence-corrected chi connectivity index (χ1v) is 3.93. The number of hydrogen-bond donors (Lipinski definition) is 0. The van der Waals surface area contributed by atoms with E-state index in [0.717, 1.165) is 0 Å². The second-order valence-corrected chi connectivity index (χ2v) is 3.39. The minimum absolute atomic E-state index is 0.188. The summed E-state index contributed by atoms with van der Waals surface area (Å²) < 4.78 is 0.356. The van der Waals surface area contributed by atoms with E-state index in [4.69, 9.17) is 0 Å². The number of carbonyl (C=O) groups excluding carboxylic acids is 2. The molecule has 1 unspecified atom stereocenters. The lowest BCUT2D eigenvalue weighted by molar-refractivity contribution is -0.119. The Bertz CT molecular complexity index is 207. The SMILES string of the molecule is O=C1C=C(Br)C(=O)C1Br. The Balaban J connectivity index is 2.95. The first kappa shape index (κ1) is 7.15. The summed E-state index contributed by atoms with van der Waals surface area (Å²) in [5.74, 6) is -0.383. The number of halogens is 2. The third kappa shape index (κ3) is 1.14. The van der Waals surface area contributed by atoms with Gasteiger partial charge in [0.1, 0.15) is 4.83 Å². The van der Waals surface area contributed by atoms with Crippen molar-refractivity contribution in [2.75, 3.05) is 0 Å². The number of alkyl halides is 1. The van der Waals surface area contributed by atoms with Gasteiger partial charge in [-0.1, -0.05) is 15.9 Å². The number of rotatable bonds is 0. The van der Waals surface area contributed by atoms with Crippen molar-refractivity contribution in [3.05, 3.63) is 10.6 Å². The molecular weight excluding hydrogens is 252 g/mol. The molecule has 2 nitrogen and oxygen atoms in total. The number of ketones is 2. The number of allylic oxidation sites excluding steroid dienone is 2. The fourth-order valence-corrected chi connectivity index (χ4v) is 1.66. The van der Waals surface area contributed by atoms with Gasteiger partial charge in [-0.25, -0.2) is 0 Å². The Labute approximate surface area is 68.6 Å². The van der Waals surface area contributed by atoms with Gasteiger partial charge in [-0.15, -0.1) is 0 Å². The summed E-state index contributed by atoms with van der Waals surface area (Å²) in [4.78, 5) is 20.7. The van der Waals surface area contributed by atoms with Crippen LogP contribution in [0.25, 0.3) is 0 Å². The molecule has 4 heteroatoms. The maximum Gasteiger partial charge on any atom is 0.191 e. The predicted octanol–water partition coefficient (Wildman–Crippen LogP) is 1.18. The Kier molecular flexibility index (Phi) is 1.86. The zero-order valence-electron chi connectivity index (χ0n) is 4.23. The van der Waals surface area contributed by atoms with Crippen LogP contribution in [0.3, 0.4) is 0 Å². The maximum atomic E-state index is 10.7. The van der Waals surface area contributed by atoms with E-state index in [0.29, 0.717) is 4.48 Å². The summed E-state index contributed by atoms with van der Waals surface area (Å²) in [5, 5.41) is 0. The van der Waals surface area contributed by atoms with Crippen LogP contribution in [0.15, 0.2) is 10.6 Å². The first-order valence-electron chi connectivity index (χ1n) is 2.22. The van der Waals surface area contributed by atoms with Crippen LogP contribution >= 0.6 is 31.9 Å². The zero-order chi connectivity index (χ0) is 7.02. The van der Waals surface area contributed by atoms with Gasteiger partial charge < -0.3 is 0 Å². The lowest BCUT2D eigenvalue weighted by Gasteiger charge is -1.90. The molecule has 48 valence electrons. The molecule has 0 N–H and O–H groups in total. The number of hydrogen-bond acceptors (Lipinski definition) is 2. The number of Topliss-reactive ketones (excluding diaryl/α,β-unsaturated/α-hetero) is 1. The Morgan fingerprint density at radius 3 is 2.11 bits per heavy atom. The van der Waals surface area contributed by atoms with Crippen molar-refractivity contribution >= 4 is 43.4 Å². The molecule has 0 saturated heterocycles. The van der Waals surface area contributed by atoms with Crippen LogP contribution in [-0.2, 0) is 9.59 Å². The summed E-state index contributed by atoms with van der Waals surface area (Å²) in [6, 6.07) is 0. The highest BCUT2D eigenvalue weighted by Gasteiger charge is 2.30. The standard InChI is InChI=1S/C5H2Br2O2/c6-2-1-3(8)4(7)5(2)9/h1,4H. The Morgan fingerprint density at radius 2 is 2.00 bits per heavy atom. The average Bonchev–Trinajstić information content (AvgIpc) is 1.98. The van der Waals surface area contributed by atoms with Gasteiger partial charge >= 0.3 is 0 Å². The van der Waals surface area contributed by atoms with Gasteiger partial charge in [0.25, 0.3) is 0 Å². The lowest BCUT2D eigenvalue weighted by atomic mass is 10.3. The molecule has 0 aliphatic heterocycles. The second-order valence-electron chi connectivity index (χ2n) is 1.62. The predicted molar refractivity (Wildman–Crippen MR) is 39.7 cm³/mol. The zero-order valence-corrected chi connectivity index (χ0v) is 7.40. The van der Waals surface area contributed by atoms with Crippen molar-refractivity contribution in [1.29, 1.82) is 0 Å². The minimum atomic E-state index is -0.646. The Hall–Kier alpha value is 0.0400. The van der Waals surface area contributed by atoms with Crippen LogP contribution in [0.2, 0.25) is 0 Å². The maximum absolute atomic E-state index is 10.7. The van der Waals surface area contributed by atoms with E-state index in [-0.39, 0.29) is 11.6 Å². The molecule has 0 spiro atoms. The molecule has 1 atom stereocenters. The van der Waals surface area contributed by atoms with Crippen LogP contribution in [0.1, 0.15) is 0 Å². The summed E-state index contributed by atoms with van der Waals surface area (Å²) >= 11 is 5.87. The van der Waals surface area contributed by atoms with E-state index in [1.54, 1.807) is 0 Å². The summed E-state index contributed by atoms with van der Waals surface area (Å²) in [6.45, 7) is 0. The summed E-state index contributed by atoms with van der Waals surface area (Å²) in [6.07, 6.45) is 1.28. The topological polar surface area (TPSA) is 34.1 Å². The number of carbonyl (C=O) groups is 2. The molecule has 1 rings (SSSR count). The summed E-state index contributed by atoms with van der Waals surface area (Å²) in [7, 11) is 0. The highest BCUT2D eigenvalue weighted by molar-refractivity contribution is 9.12. The van der Waals surface area contributed by atoms with Gasteiger partial charge in [-0.2, -0.15) is 0 Å². The van der Waals surface area contributed by atoms with Crippen LogP contribution < -0.4 is 0 Å². The highest BCUT2D eigenvalue weighted by atomic mass is 79.9. The fraction of sp³-hybridized carbons (Fsp3) is 0.200. The molecule has 0 amide bonds. The van der Waals surface area contributed by atoms with Gasteiger partial charge in [0.2, 0.25) is 0 Å². The lowest BCUT2D eigenvalue weighted by Crippen LogP contribution is -2.14. The molecule has 0 heterocycles. The van der Waals surface area contributed by atoms with Crippen molar-refractivity contribution in [1.82, 2.24) is 0 Å². The molecule has 0 aromatic heterocycles. The molecule has 1 aliphatic carbocycles. The Morgan fingerprint density at radius 1 is 1.44 bits per heavy atom. The van der Waals surface area contributed by atoms with Gasteiger partial charge in [-0.3, -0.25) is 9.59 Å². The van der Waals surface area contributed by atoms with Gasteiger partial charge in [0, 0.05) is 6.08 Å². The molecule has 0 aromatic carbocycles. The fourth-order valence-electron chi connectivity index (χ4n) is 0.519. The molecule has 0 radical (unpaired) electrons. The first-order chi connectivity index (χ1) is 4.13. The van der Waals surface area contributed by atoms with Gasteiger partial charge in [0.15, 0.2) is 11.6 Å². The molecule has 0 fully saturated rings. The molecule has 0 saturated carbocycles. The van der Waals surface area contributed by atoms with E-state index in [1.807, 2.05) is 0 Å². The quantitative estimate of drug-likeness (QED) is 0.480. The highest BCUT2D eigenvalue weighted by Crippen LogP contribution is 2.22. The van der Waals surface area contributed by atoms with Crippen LogP contribution in [0.4, 0.5) is 0 Å². The van der Waals surface area contributed by atoms with Crippen molar-refractivity contribution in [2.45, 2.75) is 4.83 Å². The van der Waals surface area contributed by atoms with E-state index in [1.165, 1.54) is 6.08 Å². The normalized spacial score (nSPS) is 26.9. The van der Waals surface area contributed by atoms with Gasteiger partial charge in [-0.05, 0) is 15.9 Å². The van der Waals surface area contributed by atoms with E-state index < -0.39 is 4.83 Å². The van der Waals surface area contributed by atoms with Crippen LogP contribution in [-0.4, -0.2) is 16.4 Å². The van der Waals surface area contributed by atoms with Crippen LogP contribution in [0.5, 0.6) is 0 Å². The third-order valence-corrected chi connectivity index (χ3v) is 2.47. The van der Waals surface area contributed by atoms with E-state index in [9.17, 15) is 9.59 Å². The molecule has 0 bridgehead atoms. The minimum Gasteiger partial charge on any atom is -0.293 e. The van der Waals surface area contributed by atoms with E-state index in [2.05, 4.69) is 31.9 Å². The molecular formula is C5H2Br2O2. The molecule has 9 heavy (non-hydrogen) atoms. The third-order valence-electron chi connectivity index (χ3n) is 0.984. The molecule has 0 aromatic rings. The van der Waals surface area contributed by atoms with Gasteiger partial charge in [0.05, 0.1) is 4.48 Å². The second kappa shape index (κ2) is 2.34. The summed E-state index contributed by atoms with van der Waals surface area (Å²) in [5.41, 5.74) is 0. The largest absolute Gasteiger partial charge is 0.293 e.